The molecule has 0 saturated heterocycles. The van der Waals surface area contributed by atoms with E-state index in [2.05, 4.69) is 5.32 Å². The molecule has 1 aromatic carbocycles. The summed E-state index contributed by atoms with van der Waals surface area (Å²) in [6.07, 6.45) is -2.67. The average Bonchev–Trinajstić information content (AvgIpc) is 2.98. The molecule has 1 aromatic rings. The second-order valence-electron chi connectivity index (χ2n) is 4.15. The van der Waals surface area contributed by atoms with Gasteiger partial charge in [0.15, 0.2) is 0 Å². The number of hydrogen-bond acceptors (Lipinski definition) is 2. The van der Waals surface area contributed by atoms with Gasteiger partial charge in [0.2, 0.25) is 0 Å². The zero-order valence-electron chi connectivity index (χ0n) is 8.64. The number of hydrogen-bond donors (Lipinski definition) is 2. The average molecular weight is 230 g/mol. The van der Waals surface area contributed by atoms with Crippen LogP contribution in [-0.2, 0) is 6.18 Å². The van der Waals surface area contributed by atoms with Crippen molar-refractivity contribution in [2.24, 2.45) is 5.73 Å². The Labute approximate surface area is 91.6 Å². The largest absolute Gasteiger partial charge is 0.418 e. The fourth-order valence-corrected chi connectivity index (χ4v) is 1.66. The predicted octanol–water partition coefficient (Wildman–Crippen LogP) is 2.61. The molecule has 88 valence electrons. The molecule has 3 N–H and O–H groups in total. The summed E-state index contributed by atoms with van der Waals surface area (Å²) in [7, 11) is 0. The van der Waals surface area contributed by atoms with Gasteiger partial charge in [0.05, 0.1) is 5.56 Å². The van der Waals surface area contributed by atoms with Crippen LogP contribution in [0.1, 0.15) is 18.4 Å². The molecule has 5 heteroatoms. The normalized spacial score (nSPS) is 18.2. The van der Waals surface area contributed by atoms with Crippen molar-refractivity contribution in [3.8, 4) is 0 Å². The van der Waals surface area contributed by atoms with E-state index in [-0.39, 0.29) is 11.2 Å². The number of nitrogens with two attached hydrogens (primary N) is 1. The molecule has 0 atom stereocenters. The summed E-state index contributed by atoms with van der Waals surface area (Å²) in [6, 6.07) is 5.49. The first-order chi connectivity index (χ1) is 7.47. The van der Waals surface area contributed by atoms with E-state index >= 15 is 0 Å². The zero-order valence-corrected chi connectivity index (χ0v) is 8.64. The van der Waals surface area contributed by atoms with Crippen LogP contribution >= 0.6 is 0 Å². The molecule has 0 bridgehead atoms. The van der Waals surface area contributed by atoms with Crippen LogP contribution < -0.4 is 11.1 Å². The van der Waals surface area contributed by atoms with E-state index in [1.54, 1.807) is 6.07 Å². The molecule has 0 spiro atoms. The second-order valence-corrected chi connectivity index (χ2v) is 4.15. The van der Waals surface area contributed by atoms with Crippen LogP contribution in [0.25, 0.3) is 0 Å². The summed E-state index contributed by atoms with van der Waals surface area (Å²) in [5.41, 5.74) is 4.71. The van der Waals surface area contributed by atoms with E-state index in [0.29, 0.717) is 6.54 Å². The van der Waals surface area contributed by atoms with E-state index in [1.807, 2.05) is 0 Å². The molecule has 0 radical (unpaired) electrons. The number of benzene rings is 1. The third-order valence-corrected chi connectivity index (χ3v) is 2.88. The lowest BCUT2D eigenvalue weighted by molar-refractivity contribution is -0.137. The molecule has 0 aliphatic heterocycles. The fourth-order valence-electron chi connectivity index (χ4n) is 1.66. The Morgan fingerprint density at radius 1 is 1.25 bits per heavy atom. The van der Waals surface area contributed by atoms with Crippen molar-refractivity contribution in [2.45, 2.75) is 24.6 Å². The van der Waals surface area contributed by atoms with Crippen molar-refractivity contribution in [3.63, 3.8) is 0 Å². The van der Waals surface area contributed by atoms with Crippen molar-refractivity contribution in [2.75, 3.05) is 11.9 Å². The Kier molecular flexibility index (Phi) is 2.58. The highest BCUT2D eigenvalue weighted by molar-refractivity contribution is 5.55. The first kappa shape index (κ1) is 11.3. The second kappa shape index (κ2) is 3.66. The highest BCUT2D eigenvalue weighted by Gasteiger charge is 2.43. The molecular formula is C11H13F3N2. The van der Waals surface area contributed by atoms with Crippen LogP contribution in [-0.4, -0.2) is 12.1 Å². The van der Waals surface area contributed by atoms with E-state index in [1.165, 1.54) is 12.1 Å². The lowest BCUT2D eigenvalue weighted by atomic mass is 10.1. The number of para-hydroxylation sites is 1. The summed E-state index contributed by atoms with van der Waals surface area (Å²) >= 11 is 0. The molecule has 1 fully saturated rings. The summed E-state index contributed by atoms with van der Waals surface area (Å²) in [6.45, 7) is 0.360. The fraction of sp³-hybridized carbons (Fsp3) is 0.455. The van der Waals surface area contributed by atoms with Crippen LogP contribution in [0.5, 0.6) is 0 Å². The van der Waals surface area contributed by atoms with Gasteiger partial charge in [0, 0.05) is 17.8 Å². The maximum Gasteiger partial charge on any atom is 0.418 e. The molecule has 0 aromatic heterocycles. The minimum absolute atomic E-state index is 0.123. The summed E-state index contributed by atoms with van der Waals surface area (Å²) in [5.74, 6) is 0. The van der Waals surface area contributed by atoms with Crippen LogP contribution in [0, 0.1) is 0 Å². The third kappa shape index (κ3) is 2.14. The van der Waals surface area contributed by atoms with Gasteiger partial charge in [-0.15, -0.1) is 0 Å². The third-order valence-electron chi connectivity index (χ3n) is 2.88. The molecule has 1 aliphatic rings. The zero-order chi connectivity index (χ0) is 11.8. The van der Waals surface area contributed by atoms with Gasteiger partial charge in [-0.1, -0.05) is 12.1 Å². The Hall–Kier alpha value is -1.23. The maximum atomic E-state index is 12.7. The van der Waals surface area contributed by atoms with Gasteiger partial charge in [-0.2, -0.15) is 13.2 Å². The first-order valence-electron chi connectivity index (χ1n) is 5.11. The smallest absolute Gasteiger partial charge is 0.378 e. The molecule has 1 aliphatic carbocycles. The van der Waals surface area contributed by atoms with Crippen molar-refractivity contribution < 1.29 is 13.2 Å². The molecule has 0 unspecified atom stereocenters. The standard InChI is InChI=1S/C11H13F3N2/c12-11(13,14)8-3-1-2-4-9(8)16-10(7-15)5-6-10/h1-4,16H,5-7,15H2. The number of halogens is 3. The summed E-state index contributed by atoms with van der Waals surface area (Å²) in [5, 5.41) is 2.91. The Morgan fingerprint density at radius 3 is 2.38 bits per heavy atom. The maximum absolute atomic E-state index is 12.7. The van der Waals surface area contributed by atoms with Crippen molar-refractivity contribution in [1.29, 1.82) is 0 Å². The Balaban J connectivity index is 2.27. The summed E-state index contributed by atoms with van der Waals surface area (Å²) in [4.78, 5) is 0. The van der Waals surface area contributed by atoms with Crippen molar-refractivity contribution >= 4 is 5.69 Å². The number of alkyl halides is 3. The number of rotatable bonds is 3. The first-order valence-corrected chi connectivity index (χ1v) is 5.11. The predicted molar refractivity (Wildman–Crippen MR) is 56.1 cm³/mol. The van der Waals surface area contributed by atoms with Crippen LogP contribution in [0.2, 0.25) is 0 Å². The lowest BCUT2D eigenvalue weighted by Crippen LogP contribution is -2.31. The highest BCUT2D eigenvalue weighted by Crippen LogP contribution is 2.41. The summed E-state index contributed by atoms with van der Waals surface area (Å²) < 4.78 is 38.0. The van der Waals surface area contributed by atoms with Crippen LogP contribution in [0.15, 0.2) is 24.3 Å². The van der Waals surface area contributed by atoms with Gasteiger partial charge in [-0.3, -0.25) is 0 Å². The van der Waals surface area contributed by atoms with Gasteiger partial charge >= 0.3 is 6.18 Å². The van der Waals surface area contributed by atoms with Crippen molar-refractivity contribution in [3.05, 3.63) is 29.8 Å². The van der Waals surface area contributed by atoms with Crippen LogP contribution in [0.3, 0.4) is 0 Å². The van der Waals surface area contributed by atoms with Gasteiger partial charge in [0.25, 0.3) is 0 Å². The van der Waals surface area contributed by atoms with E-state index in [0.717, 1.165) is 18.9 Å². The number of nitrogens with one attached hydrogen (secondary N) is 1. The lowest BCUT2D eigenvalue weighted by Gasteiger charge is -2.20. The SMILES string of the molecule is NCC1(Nc2ccccc2C(F)(F)F)CC1. The molecule has 2 nitrogen and oxygen atoms in total. The molecular weight excluding hydrogens is 217 g/mol. The van der Waals surface area contributed by atoms with E-state index < -0.39 is 11.7 Å². The molecule has 2 rings (SSSR count). The Morgan fingerprint density at radius 2 is 1.88 bits per heavy atom. The Bertz CT molecular complexity index is 383. The molecule has 16 heavy (non-hydrogen) atoms. The number of anilines is 1. The molecule has 0 heterocycles. The van der Waals surface area contributed by atoms with E-state index in [9.17, 15) is 13.2 Å². The van der Waals surface area contributed by atoms with Crippen LogP contribution in [0.4, 0.5) is 18.9 Å². The molecule has 0 amide bonds. The monoisotopic (exact) mass is 230 g/mol. The van der Waals surface area contributed by atoms with Gasteiger partial charge < -0.3 is 11.1 Å². The van der Waals surface area contributed by atoms with E-state index in [4.69, 9.17) is 5.73 Å². The highest BCUT2D eigenvalue weighted by atomic mass is 19.4. The van der Waals surface area contributed by atoms with Gasteiger partial charge in [-0.05, 0) is 25.0 Å². The van der Waals surface area contributed by atoms with Crippen molar-refractivity contribution in [1.82, 2.24) is 0 Å². The molecule has 1 saturated carbocycles. The van der Waals surface area contributed by atoms with Gasteiger partial charge in [0.1, 0.15) is 0 Å². The quantitative estimate of drug-likeness (QED) is 0.837. The minimum atomic E-state index is -4.33. The minimum Gasteiger partial charge on any atom is -0.378 e. The van der Waals surface area contributed by atoms with Gasteiger partial charge in [-0.25, -0.2) is 0 Å². The topological polar surface area (TPSA) is 38.0 Å².